The highest BCUT2D eigenvalue weighted by atomic mass is 32.2. The van der Waals surface area contributed by atoms with Crippen molar-refractivity contribution in [1.29, 1.82) is 0 Å². The minimum atomic E-state index is -0.142. The van der Waals surface area contributed by atoms with E-state index >= 15 is 0 Å². The van der Waals surface area contributed by atoms with Crippen LogP contribution in [0.4, 0.5) is 4.39 Å². The molecule has 0 saturated heterocycles. The Kier molecular flexibility index (Phi) is 5.83. The van der Waals surface area contributed by atoms with Crippen LogP contribution in [0.25, 0.3) is 0 Å². The van der Waals surface area contributed by atoms with Gasteiger partial charge in [-0.3, -0.25) is 0 Å². The number of hydrogen-bond acceptors (Lipinski definition) is 2. The lowest BCUT2D eigenvalue weighted by molar-refractivity contribution is 0.589. The number of rotatable bonds is 6. The van der Waals surface area contributed by atoms with Gasteiger partial charge in [0.2, 0.25) is 0 Å². The van der Waals surface area contributed by atoms with E-state index in [0.29, 0.717) is 6.54 Å². The van der Waals surface area contributed by atoms with E-state index in [1.54, 1.807) is 6.07 Å². The van der Waals surface area contributed by atoms with Crippen molar-refractivity contribution in [3.63, 3.8) is 0 Å². The van der Waals surface area contributed by atoms with Crippen LogP contribution in [0, 0.1) is 19.7 Å². The number of halogens is 1. The molecule has 0 fully saturated rings. The summed E-state index contributed by atoms with van der Waals surface area (Å²) in [7, 11) is 0. The third-order valence-corrected chi connectivity index (χ3v) is 4.67. The molecule has 21 heavy (non-hydrogen) atoms. The van der Waals surface area contributed by atoms with Gasteiger partial charge in [-0.15, -0.1) is 0 Å². The van der Waals surface area contributed by atoms with E-state index in [4.69, 9.17) is 0 Å². The van der Waals surface area contributed by atoms with Gasteiger partial charge in [-0.2, -0.15) is 0 Å². The quantitative estimate of drug-likeness (QED) is 0.746. The molecule has 2 rings (SSSR count). The number of hydrogen-bond donors (Lipinski definition) is 1. The summed E-state index contributed by atoms with van der Waals surface area (Å²) in [5.41, 5.74) is 3.40. The van der Waals surface area contributed by atoms with Crippen LogP contribution in [-0.4, -0.2) is 6.54 Å². The van der Waals surface area contributed by atoms with Crippen LogP contribution in [0.2, 0.25) is 0 Å². The highest BCUT2D eigenvalue weighted by molar-refractivity contribution is 7.99. The number of nitrogens with one attached hydrogen (secondary N) is 1. The van der Waals surface area contributed by atoms with Crippen molar-refractivity contribution in [3.05, 3.63) is 58.9 Å². The van der Waals surface area contributed by atoms with E-state index < -0.39 is 0 Å². The highest BCUT2D eigenvalue weighted by Gasteiger charge is 2.11. The van der Waals surface area contributed by atoms with Crippen molar-refractivity contribution in [2.24, 2.45) is 0 Å². The van der Waals surface area contributed by atoms with Gasteiger partial charge >= 0.3 is 0 Å². The Balaban J connectivity index is 2.27. The second-order valence-electron chi connectivity index (χ2n) is 5.28. The monoisotopic (exact) mass is 303 g/mol. The first-order chi connectivity index (χ1) is 10.1. The molecule has 0 aromatic heterocycles. The third kappa shape index (κ3) is 4.32. The van der Waals surface area contributed by atoms with Crippen molar-refractivity contribution in [3.8, 4) is 0 Å². The van der Waals surface area contributed by atoms with Gasteiger partial charge in [-0.05, 0) is 55.6 Å². The van der Waals surface area contributed by atoms with Crippen molar-refractivity contribution in [1.82, 2.24) is 5.32 Å². The maximum atomic E-state index is 14.2. The van der Waals surface area contributed by atoms with E-state index in [9.17, 15) is 4.39 Å². The smallest absolute Gasteiger partial charge is 0.137 e. The van der Waals surface area contributed by atoms with E-state index in [0.717, 1.165) is 28.3 Å². The zero-order valence-corrected chi connectivity index (χ0v) is 13.7. The Bertz CT molecular complexity index is 610. The van der Waals surface area contributed by atoms with Crippen LogP contribution < -0.4 is 5.32 Å². The SMILES string of the molecule is CCCNCc1cccc(F)c1Sc1cc(C)ccc1C. The van der Waals surface area contributed by atoms with E-state index in [2.05, 4.69) is 44.3 Å². The second-order valence-corrected chi connectivity index (χ2v) is 6.33. The fourth-order valence-corrected chi connectivity index (χ4v) is 3.26. The van der Waals surface area contributed by atoms with E-state index in [1.807, 2.05) is 6.07 Å². The molecule has 1 nitrogen and oxygen atoms in total. The zero-order chi connectivity index (χ0) is 15.2. The topological polar surface area (TPSA) is 12.0 Å². The summed E-state index contributed by atoms with van der Waals surface area (Å²) in [6.45, 7) is 7.92. The second kappa shape index (κ2) is 7.62. The van der Waals surface area contributed by atoms with Gasteiger partial charge in [0.05, 0.1) is 4.90 Å². The van der Waals surface area contributed by atoms with Crippen molar-refractivity contribution in [2.75, 3.05) is 6.54 Å². The maximum Gasteiger partial charge on any atom is 0.137 e. The largest absolute Gasteiger partial charge is 0.313 e. The fourth-order valence-electron chi connectivity index (χ4n) is 2.13. The Morgan fingerprint density at radius 1 is 1.14 bits per heavy atom. The zero-order valence-electron chi connectivity index (χ0n) is 12.9. The summed E-state index contributed by atoms with van der Waals surface area (Å²) < 4.78 is 14.2. The molecule has 0 amide bonds. The lowest BCUT2D eigenvalue weighted by Gasteiger charge is -2.13. The van der Waals surface area contributed by atoms with Gasteiger partial charge in [-0.25, -0.2) is 4.39 Å². The summed E-state index contributed by atoms with van der Waals surface area (Å²) in [4.78, 5) is 1.85. The minimum absolute atomic E-state index is 0.142. The molecule has 0 spiro atoms. The van der Waals surface area contributed by atoms with Gasteiger partial charge < -0.3 is 5.32 Å². The Labute approximate surface area is 131 Å². The highest BCUT2D eigenvalue weighted by Crippen LogP contribution is 2.35. The molecule has 0 aliphatic carbocycles. The summed E-state index contributed by atoms with van der Waals surface area (Å²) in [5, 5.41) is 3.35. The molecule has 1 N–H and O–H groups in total. The summed E-state index contributed by atoms with van der Waals surface area (Å²) in [6.07, 6.45) is 1.08. The third-order valence-electron chi connectivity index (χ3n) is 3.35. The van der Waals surface area contributed by atoms with Gasteiger partial charge in [0, 0.05) is 11.4 Å². The van der Waals surface area contributed by atoms with Gasteiger partial charge in [0.15, 0.2) is 0 Å². The molecule has 0 aliphatic rings. The molecule has 2 aromatic rings. The Morgan fingerprint density at radius 2 is 1.95 bits per heavy atom. The number of benzene rings is 2. The van der Waals surface area contributed by atoms with Crippen molar-refractivity contribution in [2.45, 2.75) is 43.5 Å². The summed E-state index contributed by atoms with van der Waals surface area (Å²) in [5.74, 6) is -0.142. The molecule has 0 atom stereocenters. The van der Waals surface area contributed by atoms with Gasteiger partial charge in [-0.1, -0.05) is 43.0 Å². The average Bonchev–Trinajstić information content (AvgIpc) is 2.46. The first kappa shape index (κ1) is 16.1. The molecule has 0 saturated carbocycles. The molecule has 0 heterocycles. The normalized spacial score (nSPS) is 10.9. The maximum absolute atomic E-state index is 14.2. The molecule has 0 unspecified atom stereocenters. The molecule has 0 radical (unpaired) electrons. The molecular weight excluding hydrogens is 281 g/mol. The predicted molar refractivity (Wildman–Crippen MR) is 88.4 cm³/mol. The first-order valence-electron chi connectivity index (χ1n) is 7.35. The summed E-state index contributed by atoms with van der Waals surface area (Å²) >= 11 is 1.52. The lowest BCUT2D eigenvalue weighted by atomic mass is 10.2. The van der Waals surface area contributed by atoms with Crippen LogP contribution in [0.1, 0.15) is 30.0 Å². The standard InChI is InChI=1S/C18H22FNS/c1-4-10-20-12-15-6-5-7-16(19)18(15)21-17-11-13(2)8-9-14(17)3/h5-9,11,20H,4,10,12H2,1-3H3. The Morgan fingerprint density at radius 3 is 2.71 bits per heavy atom. The van der Waals surface area contributed by atoms with E-state index in [-0.39, 0.29) is 5.82 Å². The average molecular weight is 303 g/mol. The van der Waals surface area contributed by atoms with Gasteiger partial charge in [0.1, 0.15) is 5.82 Å². The molecular formula is C18H22FNS. The van der Waals surface area contributed by atoms with Crippen molar-refractivity contribution >= 4 is 11.8 Å². The van der Waals surface area contributed by atoms with Crippen LogP contribution in [-0.2, 0) is 6.54 Å². The fraction of sp³-hybridized carbons (Fsp3) is 0.333. The molecule has 0 aliphatic heterocycles. The first-order valence-corrected chi connectivity index (χ1v) is 8.16. The van der Waals surface area contributed by atoms with Crippen molar-refractivity contribution < 1.29 is 4.39 Å². The molecule has 0 bridgehead atoms. The van der Waals surface area contributed by atoms with E-state index in [1.165, 1.54) is 29.0 Å². The van der Waals surface area contributed by atoms with Crippen LogP contribution >= 0.6 is 11.8 Å². The molecule has 3 heteroatoms. The number of aryl methyl sites for hydroxylation is 2. The minimum Gasteiger partial charge on any atom is -0.313 e. The predicted octanol–water partition coefficient (Wildman–Crippen LogP) is 5.09. The molecule has 112 valence electrons. The molecule has 2 aromatic carbocycles. The summed E-state index contributed by atoms with van der Waals surface area (Å²) in [6, 6.07) is 11.6. The van der Waals surface area contributed by atoms with Crippen LogP contribution in [0.5, 0.6) is 0 Å². The van der Waals surface area contributed by atoms with Crippen LogP contribution in [0.15, 0.2) is 46.2 Å². The Hall–Kier alpha value is -1.32. The van der Waals surface area contributed by atoms with Gasteiger partial charge in [0.25, 0.3) is 0 Å². The lowest BCUT2D eigenvalue weighted by Crippen LogP contribution is -2.14. The van der Waals surface area contributed by atoms with Crippen LogP contribution in [0.3, 0.4) is 0 Å².